The average Bonchev–Trinajstić information content (AvgIpc) is 3.08. The molecule has 1 N–H and O–H groups in total. The van der Waals surface area contributed by atoms with E-state index in [1.54, 1.807) is 4.52 Å². The van der Waals surface area contributed by atoms with Gasteiger partial charge >= 0.3 is 0 Å². The van der Waals surface area contributed by atoms with Gasteiger partial charge in [-0.15, -0.1) is 0 Å². The second kappa shape index (κ2) is 8.38. The lowest BCUT2D eigenvalue weighted by atomic mass is 10.1. The van der Waals surface area contributed by atoms with Crippen LogP contribution in [0, 0.1) is 13.8 Å². The average molecular weight is 344 g/mol. The van der Waals surface area contributed by atoms with E-state index in [0.717, 1.165) is 36.5 Å². The van der Waals surface area contributed by atoms with Crippen molar-refractivity contribution in [3.63, 3.8) is 0 Å². The largest absolute Gasteiger partial charge is 0.356 e. The van der Waals surface area contributed by atoms with Crippen LogP contribution < -0.4 is 5.32 Å². The van der Waals surface area contributed by atoms with Gasteiger partial charge in [-0.25, -0.2) is 9.50 Å². The zero-order valence-electron chi connectivity index (χ0n) is 15.3. The van der Waals surface area contributed by atoms with Crippen molar-refractivity contribution in [1.82, 2.24) is 29.8 Å². The highest BCUT2D eigenvalue weighted by atomic mass is 16.1. The summed E-state index contributed by atoms with van der Waals surface area (Å²) >= 11 is 0. The number of amides is 1. The monoisotopic (exact) mass is 344 g/mol. The maximum Gasteiger partial charge on any atom is 0.252 e. The van der Waals surface area contributed by atoms with Gasteiger partial charge in [0.15, 0.2) is 0 Å². The molecule has 1 aliphatic heterocycles. The molecule has 3 heterocycles. The third-order valence-corrected chi connectivity index (χ3v) is 5.01. The van der Waals surface area contributed by atoms with Gasteiger partial charge in [-0.05, 0) is 64.7 Å². The van der Waals surface area contributed by atoms with Crippen molar-refractivity contribution in [3.8, 4) is 0 Å². The number of carbonyl (C=O) groups excluding carboxylic acids is 1. The Hall–Kier alpha value is -2.02. The van der Waals surface area contributed by atoms with E-state index in [9.17, 15) is 4.79 Å². The van der Waals surface area contributed by atoms with Crippen LogP contribution in [0.1, 0.15) is 49.1 Å². The fraction of sp³-hybridized carbons (Fsp3) is 0.667. The first-order valence-electron chi connectivity index (χ1n) is 9.30. The lowest BCUT2D eigenvalue weighted by Crippen LogP contribution is -2.33. The molecular weight excluding hydrogens is 316 g/mol. The summed E-state index contributed by atoms with van der Waals surface area (Å²) in [5.74, 6) is 0.719. The molecule has 1 aliphatic rings. The van der Waals surface area contributed by atoms with Crippen LogP contribution in [0.5, 0.6) is 0 Å². The van der Waals surface area contributed by atoms with E-state index in [2.05, 4.69) is 25.3 Å². The minimum absolute atomic E-state index is 0.108. The molecule has 0 spiro atoms. The Labute approximate surface area is 148 Å². The number of aromatic nitrogens is 4. The van der Waals surface area contributed by atoms with Gasteiger partial charge in [-0.1, -0.05) is 6.42 Å². The summed E-state index contributed by atoms with van der Waals surface area (Å²) in [5, 5.41) is 7.23. The third kappa shape index (κ3) is 4.54. The Kier molecular flexibility index (Phi) is 5.96. The molecule has 0 radical (unpaired) electrons. The van der Waals surface area contributed by atoms with Gasteiger partial charge in [-0.2, -0.15) is 10.1 Å². The Morgan fingerprint density at radius 3 is 2.84 bits per heavy atom. The molecule has 3 rings (SSSR count). The van der Waals surface area contributed by atoms with E-state index in [4.69, 9.17) is 0 Å². The van der Waals surface area contributed by atoms with Crippen LogP contribution in [0.4, 0.5) is 0 Å². The minimum atomic E-state index is 0.108. The first-order chi connectivity index (χ1) is 12.1. The predicted molar refractivity (Wildman–Crippen MR) is 96.5 cm³/mol. The van der Waals surface area contributed by atoms with Gasteiger partial charge < -0.3 is 10.2 Å². The van der Waals surface area contributed by atoms with Gasteiger partial charge in [0.1, 0.15) is 6.33 Å². The molecule has 1 saturated heterocycles. The standard InChI is InChI=1S/C18H28N6O/c1-14-16(15(2)24-18(22-14)20-13-21-24)7-8-17(25)19-9-6-12-23-10-4-3-5-11-23/h13H,3-12H2,1-2H3,(H,19,25). The fourth-order valence-electron chi connectivity index (χ4n) is 3.56. The summed E-state index contributed by atoms with van der Waals surface area (Å²) in [7, 11) is 0. The second-order valence-electron chi connectivity index (χ2n) is 6.84. The Bertz CT molecular complexity index is 720. The van der Waals surface area contributed by atoms with Crippen molar-refractivity contribution in [2.24, 2.45) is 0 Å². The molecule has 0 aromatic carbocycles. The molecule has 1 amide bonds. The summed E-state index contributed by atoms with van der Waals surface area (Å²) in [6.45, 7) is 8.24. The number of hydrogen-bond donors (Lipinski definition) is 1. The number of piperidine rings is 1. The van der Waals surface area contributed by atoms with Crippen LogP contribution in [-0.4, -0.2) is 56.6 Å². The molecule has 0 saturated carbocycles. The molecule has 2 aromatic heterocycles. The van der Waals surface area contributed by atoms with Crippen LogP contribution >= 0.6 is 0 Å². The van der Waals surface area contributed by atoms with Crippen molar-refractivity contribution in [1.29, 1.82) is 0 Å². The highest BCUT2D eigenvalue weighted by Gasteiger charge is 2.13. The fourth-order valence-corrected chi connectivity index (χ4v) is 3.56. The third-order valence-electron chi connectivity index (χ3n) is 5.01. The molecular formula is C18H28N6O. The first kappa shape index (κ1) is 17.8. The summed E-state index contributed by atoms with van der Waals surface area (Å²) < 4.78 is 1.73. The Balaban J connectivity index is 1.43. The minimum Gasteiger partial charge on any atom is -0.356 e. The first-order valence-corrected chi connectivity index (χ1v) is 9.30. The summed E-state index contributed by atoms with van der Waals surface area (Å²) in [5.41, 5.74) is 3.02. The van der Waals surface area contributed by atoms with Gasteiger partial charge in [0, 0.05) is 24.4 Å². The SMILES string of the molecule is Cc1nc2ncnn2c(C)c1CCC(=O)NCCCN1CCCCC1. The predicted octanol–water partition coefficient (Wildman–Crippen LogP) is 1.67. The number of likely N-dealkylation sites (tertiary alicyclic amines) is 1. The number of fused-ring (bicyclic) bond motifs is 1. The van der Waals surface area contributed by atoms with Crippen LogP contribution in [-0.2, 0) is 11.2 Å². The Morgan fingerprint density at radius 2 is 2.04 bits per heavy atom. The smallest absolute Gasteiger partial charge is 0.252 e. The maximum absolute atomic E-state index is 12.1. The van der Waals surface area contributed by atoms with Gasteiger partial charge in [0.25, 0.3) is 5.78 Å². The van der Waals surface area contributed by atoms with Gasteiger partial charge in [0.05, 0.1) is 0 Å². The number of aryl methyl sites for hydroxylation is 2. The maximum atomic E-state index is 12.1. The van der Waals surface area contributed by atoms with Crippen molar-refractivity contribution in [2.75, 3.05) is 26.2 Å². The summed E-state index contributed by atoms with van der Waals surface area (Å²) in [4.78, 5) is 23.2. The van der Waals surface area contributed by atoms with Crippen LogP contribution in [0.15, 0.2) is 6.33 Å². The van der Waals surface area contributed by atoms with Crippen LogP contribution in [0.25, 0.3) is 5.78 Å². The van der Waals surface area contributed by atoms with Gasteiger partial charge in [0.2, 0.25) is 5.91 Å². The molecule has 0 unspecified atom stereocenters. The van der Waals surface area contributed by atoms with Crippen molar-refractivity contribution < 1.29 is 4.79 Å². The van der Waals surface area contributed by atoms with E-state index in [1.165, 1.54) is 38.7 Å². The molecule has 1 fully saturated rings. The lowest BCUT2D eigenvalue weighted by molar-refractivity contribution is -0.121. The van der Waals surface area contributed by atoms with E-state index >= 15 is 0 Å². The molecule has 136 valence electrons. The number of hydrogen-bond acceptors (Lipinski definition) is 5. The molecule has 0 bridgehead atoms. The molecule has 7 nitrogen and oxygen atoms in total. The molecule has 0 atom stereocenters. The molecule has 2 aromatic rings. The number of nitrogens with one attached hydrogen (secondary N) is 1. The quantitative estimate of drug-likeness (QED) is 0.773. The number of nitrogens with zero attached hydrogens (tertiary/aromatic N) is 5. The molecule has 7 heteroatoms. The van der Waals surface area contributed by atoms with E-state index in [-0.39, 0.29) is 5.91 Å². The summed E-state index contributed by atoms with van der Waals surface area (Å²) in [6.07, 6.45) is 7.68. The Morgan fingerprint density at radius 1 is 1.24 bits per heavy atom. The van der Waals surface area contributed by atoms with Crippen molar-refractivity contribution in [2.45, 2.75) is 52.4 Å². The second-order valence-corrected chi connectivity index (χ2v) is 6.84. The zero-order chi connectivity index (χ0) is 17.6. The molecule has 25 heavy (non-hydrogen) atoms. The van der Waals surface area contributed by atoms with Crippen LogP contribution in [0.3, 0.4) is 0 Å². The summed E-state index contributed by atoms with van der Waals surface area (Å²) in [6, 6.07) is 0. The van der Waals surface area contributed by atoms with Crippen molar-refractivity contribution >= 4 is 11.7 Å². The number of carbonyl (C=O) groups is 1. The molecule has 0 aliphatic carbocycles. The number of rotatable bonds is 7. The van der Waals surface area contributed by atoms with E-state index in [0.29, 0.717) is 18.6 Å². The van der Waals surface area contributed by atoms with E-state index in [1.807, 2.05) is 13.8 Å². The van der Waals surface area contributed by atoms with Crippen molar-refractivity contribution in [3.05, 3.63) is 23.3 Å². The topological polar surface area (TPSA) is 75.4 Å². The highest BCUT2D eigenvalue weighted by molar-refractivity contribution is 5.76. The normalized spacial score (nSPS) is 15.6. The lowest BCUT2D eigenvalue weighted by Gasteiger charge is -2.26. The highest BCUT2D eigenvalue weighted by Crippen LogP contribution is 2.14. The van der Waals surface area contributed by atoms with E-state index < -0.39 is 0 Å². The zero-order valence-corrected chi connectivity index (χ0v) is 15.3. The van der Waals surface area contributed by atoms with Crippen LogP contribution in [0.2, 0.25) is 0 Å². The van der Waals surface area contributed by atoms with Gasteiger partial charge in [-0.3, -0.25) is 4.79 Å².